The standard InChI is InChI=1S/C21H17F2N3O3S2/c1-29-14-5-3-13(4-6-14)26-20(28)19-17(8-9-30-19)25-21(26)31-11-18(27)24-16-7-2-12(22)10-15(16)23/h2-7,10H,8-9,11H2,1H3,(H,24,27). The fourth-order valence-electron chi connectivity index (χ4n) is 3.06. The molecule has 0 saturated carbocycles. The van der Waals surface area contributed by atoms with E-state index in [1.54, 1.807) is 31.4 Å². The van der Waals surface area contributed by atoms with E-state index in [0.29, 0.717) is 39.7 Å². The number of carbonyl (C=O) groups is 1. The molecule has 0 aliphatic carbocycles. The Balaban J connectivity index is 1.60. The van der Waals surface area contributed by atoms with Crippen LogP contribution in [0.1, 0.15) is 5.69 Å². The highest BCUT2D eigenvalue weighted by Gasteiger charge is 2.23. The van der Waals surface area contributed by atoms with Gasteiger partial charge in [0.05, 0.1) is 34.8 Å². The number of methoxy groups -OCH3 is 1. The number of amides is 1. The number of thioether (sulfide) groups is 2. The van der Waals surface area contributed by atoms with E-state index in [4.69, 9.17) is 4.74 Å². The largest absolute Gasteiger partial charge is 0.497 e. The number of benzene rings is 2. The third-order valence-electron chi connectivity index (χ3n) is 4.53. The van der Waals surface area contributed by atoms with Crippen LogP contribution in [0.4, 0.5) is 14.5 Å². The minimum atomic E-state index is -0.860. The molecule has 160 valence electrons. The number of hydrogen-bond donors (Lipinski definition) is 1. The molecule has 0 spiro atoms. The van der Waals surface area contributed by atoms with Crippen molar-refractivity contribution in [2.24, 2.45) is 0 Å². The summed E-state index contributed by atoms with van der Waals surface area (Å²) < 4.78 is 33.5. The Kier molecular flexibility index (Phi) is 6.28. The molecule has 1 amide bonds. The van der Waals surface area contributed by atoms with Gasteiger partial charge in [-0.3, -0.25) is 14.2 Å². The van der Waals surface area contributed by atoms with Crippen molar-refractivity contribution in [3.8, 4) is 11.4 Å². The number of anilines is 1. The van der Waals surface area contributed by atoms with Gasteiger partial charge in [0.25, 0.3) is 5.56 Å². The number of aromatic nitrogens is 2. The maximum Gasteiger partial charge on any atom is 0.272 e. The van der Waals surface area contributed by atoms with Gasteiger partial charge in [-0.05, 0) is 36.4 Å². The molecule has 1 aliphatic heterocycles. The molecule has 0 bridgehead atoms. The normalized spacial score (nSPS) is 12.5. The van der Waals surface area contributed by atoms with Crippen molar-refractivity contribution in [3.05, 3.63) is 70.1 Å². The first-order chi connectivity index (χ1) is 15.0. The predicted octanol–water partition coefficient (Wildman–Crippen LogP) is 3.90. The van der Waals surface area contributed by atoms with E-state index in [-0.39, 0.29) is 17.0 Å². The number of aryl methyl sites for hydroxylation is 1. The highest BCUT2D eigenvalue weighted by atomic mass is 32.2. The van der Waals surface area contributed by atoms with E-state index in [9.17, 15) is 18.4 Å². The first kappa shape index (κ1) is 21.4. The van der Waals surface area contributed by atoms with Gasteiger partial charge in [-0.1, -0.05) is 11.8 Å². The number of rotatable bonds is 6. The van der Waals surface area contributed by atoms with Crippen LogP contribution < -0.4 is 15.6 Å². The van der Waals surface area contributed by atoms with Gasteiger partial charge < -0.3 is 10.1 Å². The van der Waals surface area contributed by atoms with Crippen LogP contribution in [0.2, 0.25) is 0 Å². The van der Waals surface area contributed by atoms with Gasteiger partial charge in [-0.15, -0.1) is 11.8 Å². The predicted molar refractivity (Wildman–Crippen MR) is 117 cm³/mol. The zero-order chi connectivity index (χ0) is 22.0. The zero-order valence-corrected chi connectivity index (χ0v) is 18.0. The Morgan fingerprint density at radius 3 is 2.74 bits per heavy atom. The highest BCUT2D eigenvalue weighted by Crippen LogP contribution is 2.30. The fraction of sp³-hybridized carbons (Fsp3) is 0.190. The van der Waals surface area contributed by atoms with Gasteiger partial charge in [0.1, 0.15) is 17.4 Å². The maximum absolute atomic E-state index is 13.8. The molecule has 31 heavy (non-hydrogen) atoms. The smallest absolute Gasteiger partial charge is 0.272 e. The van der Waals surface area contributed by atoms with Crippen molar-refractivity contribution in [2.75, 3.05) is 23.9 Å². The molecule has 0 fully saturated rings. The molecule has 2 heterocycles. The van der Waals surface area contributed by atoms with Gasteiger partial charge in [0, 0.05) is 18.2 Å². The van der Waals surface area contributed by atoms with Gasteiger partial charge >= 0.3 is 0 Å². The molecule has 4 rings (SSSR count). The van der Waals surface area contributed by atoms with E-state index in [2.05, 4.69) is 10.3 Å². The van der Waals surface area contributed by atoms with Crippen LogP contribution in [0.3, 0.4) is 0 Å². The number of fused-ring (bicyclic) bond motifs is 1. The first-order valence-corrected chi connectivity index (χ1v) is 11.2. The number of halogens is 2. The van der Waals surface area contributed by atoms with Crippen LogP contribution in [-0.2, 0) is 11.2 Å². The Morgan fingerprint density at radius 2 is 2.03 bits per heavy atom. The second-order valence-electron chi connectivity index (χ2n) is 6.57. The molecule has 10 heteroatoms. The fourth-order valence-corrected chi connectivity index (χ4v) is 4.91. The van der Waals surface area contributed by atoms with Crippen LogP contribution in [0.5, 0.6) is 5.75 Å². The molecule has 0 saturated heterocycles. The molecule has 0 radical (unpaired) electrons. The van der Waals surface area contributed by atoms with Crippen LogP contribution in [0.15, 0.2) is 57.3 Å². The summed E-state index contributed by atoms with van der Waals surface area (Å²) in [6, 6.07) is 9.88. The van der Waals surface area contributed by atoms with Crippen molar-refractivity contribution in [2.45, 2.75) is 16.5 Å². The van der Waals surface area contributed by atoms with E-state index >= 15 is 0 Å². The lowest BCUT2D eigenvalue weighted by atomic mass is 10.3. The lowest BCUT2D eigenvalue weighted by molar-refractivity contribution is -0.113. The molecule has 0 unspecified atom stereocenters. The summed E-state index contributed by atoms with van der Waals surface area (Å²) in [5.74, 6) is -0.768. The molecule has 0 atom stereocenters. The highest BCUT2D eigenvalue weighted by molar-refractivity contribution is 8.00. The Bertz CT molecular complexity index is 1200. The summed E-state index contributed by atoms with van der Waals surface area (Å²) in [5.41, 5.74) is 1.01. The van der Waals surface area contributed by atoms with E-state index in [1.165, 1.54) is 16.3 Å². The molecule has 1 aromatic heterocycles. The number of hydrogen-bond acceptors (Lipinski definition) is 6. The van der Waals surface area contributed by atoms with Crippen molar-refractivity contribution >= 4 is 35.1 Å². The minimum Gasteiger partial charge on any atom is -0.497 e. The summed E-state index contributed by atoms with van der Waals surface area (Å²) in [7, 11) is 1.55. The van der Waals surface area contributed by atoms with Crippen LogP contribution in [-0.4, -0.2) is 34.1 Å². The molecule has 3 aromatic rings. The molecular formula is C21H17F2N3O3S2. The van der Waals surface area contributed by atoms with Gasteiger partial charge in [0.2, 0.25) is 5.91 Å². The van der Waals surface area contributed by atoms with Gasteiger partial charge in [-0.2, -0.15) is 0 Å². The summed E-state index contributed by atoms with van der Waals surface area (Å²) >= 11 is 2.54. The summed E-state index contributed by atoms with van der Waals surface area (Å²) in [4.78, 5) is 30.7. The minimum absolute atomic E-state index is 0.106. The molecule has 6 nitrogen and oxygen atoms in total. The molecule has 1 aliphatic rings. The summed E-state index contributed by atoms with van der Waals surface area (Å²) in [6.07, 6.45) is 0.680. The van der Waals surface area contributed by atoms with E-state index in [0.717, 1.165) is 29.6 Å². The maximum atomic E-state index is 13.8. The average molecular weight is 462 g/mol. The monoisotopic (exact) mass is 461 g/mol. The molecular weight excluding hydrogens is 444 g/mol. The molecule has 1 N–H and O–H groups in total. The average Bonchev–Trinajstić information content (AvgIpc) is 3.23. The van der Waals surface area contributed by atoms with Gasteiger partial charge in [-0.25, -0.2) is 13.8 Å². The third kappa shape index (κ3) is 4.59. The van der Waals surface area contributed by atoms with Crippen molar-refractivity contribution < 1.29 is 18.3 Å². The van der Waals surface area contributed by atoms with Gasteiger partial charge in [0.15, 0.2) is 5.16 Å². The van der Waals surface area contributed by atoms with Crippen LogP contribution in [0, 0.1) is 11.6 Å². The van der Waals surface area contributed by atoms with Crippen molar-refractivity contribution in [1.29, 1.82) is 0 Å². The first-order valence-electron chi connectivity index (χ1n) is 9.27. The lowest BCUT2D eigenvalue weighted by Gasteiger charge is -2.14. The topological polar surface area (TPSA) is 73.2 Å². The number of carbonyl (C=O) groups excluding carboxylic acids is 1. The van der Waals surface area contributed by atoms with Crippen LogP contribution in [0.25, 0.3) is 5.69 Å². The SMILES string of the molecule is COc1ccc(-n2c(SCC(=O)Nc3ccc(F)cc3F)nc3c(c2=O)SCC3)cc1. The van der Waals surface area contributed by atoms with Crippen LogP contribution >= 0.6 is 23.5 Å². The Morgan fingerprint density at radius 1 is 1.26 bits per heavy atom. The third-order valence-corrected chi connectivity index (χ3v) is 6.58. The lowest BCUT2D eigenvalue weighted by Crippen LogP contribution is -2.24. The zero-order valence-electron chi connectivity index (χ0n) is 16.4. The molecule has 2 aromatic carbocycles. The number of nitrogens with zero attached hydrogens (tertiary/aromatic N) is 2. The Hall–Kier alpha value is -2.85. The number of nitrogens with one attached hydrogen (secondary N) is 1. The van der Waals surface area contributed by atoms with Crippen molar-refractivity contribution in [1.82, 2.24) is 9.55 Å². The quantitative estimate of drug-likeness (QED) is 0.444. The summed E-state index contributed by atoms with van der Waals surface area (Å²) in [6.45, 7) is 0. The van der Waals surface area contributed by atoms with E-state index < -0.39 is 17.5 Å². The van der Waals surface area contributed by atoms with E-state index in [1.807, 2.05) is 0 Å². The van der Waals surface area contributed by atoms with Crippen molar-refractivity contribution in [3.63, 3.8) is 0 Å². The number of ether oxygens (including phenoxy) is 1. The second-order valence-corrected chi connectivity index (χ2v) is 8.62. The Labute approximate surface area is 185 Å². The summed E-state index contributed by atoms with van der Waals surface area (Å²) in [5, 5.41) is 2.78. The second kappa shape index (κ2) is 9.11.